The summed E-state index contributed by atoms with van der Waals surface area (Å²) in [6.07, 6.45) is -0.339. The minimum atomic E-state index is -1.02. The summed E-state index contributed by atoms with van der Waals surface area (Å²) in [5.41, 5.74) is -1.08. The van der Waals surface area contributed by atoms with Gasteiger partial charge >= 0.3 is 5.69 Å². The van der Waals surface area contributed by atoms with E-state index >= 15 is 0 Å². The summed E-state index contributed by atoms with van der Waals surface area (Å²) in [5, 5.41) is 25.5. The smallest absolute Gasteiger partial charge is 0.330 e. The van der Waals surface area contributed by atoms with Crippen LogP contribution in [0.1, 0.15) is 42.0 Å². The van der Waals surface area contributed by atoms with Gasteiger partial charge in [-0.05, 0) is 31.5 Å². The number of ether oxygens (including phenoxy) is 1. The van der Waals surface area contributed by atoms with Gasteiger partial charge in [0.2, 0.25) is 23.0 Å². The van der Waals surface area contributed by atoms with Crippen LogP contribution in [0.4, 0.5) is 0 Å². The number of amides is 2. The van der Waals surface area contributed by atoms with Gasteiger partial charge in [-0.3, -0.25) is 28.3 Å². The summed E-state index contributed by atoms with van der Waals surface area (Å²) in [5.74, 6) is -2.84. The number of hydrogen-bond acceptors (Lipinski definition) is 9. The Morgan fingerprint density at radius 2 is 1.77 bits per heavy atom. The van der Waals surface area contributed by atoms with Crippen LogP contribution in [-0.2, 0) is 30.2 Å². The molecule has 3 rings (SSSR count). The zero-order valence-electron chi connectivity index (χ0n) is 22.1. The fourth-order valence-corrected chi connectivity index (χ4v) is 3.96. The predicted octanol–water partition coefficient (Wildman–Crippen LogP) is 0.109. The lowest BCUT2D eigenvalue weighted by Gasteiger charge is -2.20. The van der Waals surface area contributed by atoms with Gasteiger partial charge in [-0.2, -0.15) is 0 Å². The maximum Gasteiger partial charge on any atom is 0.330 e. The van der Waals surface area contributed by atoms with Crippen molar-refractivity contribution in [1.29, 1.82) is 0 Å². The Morgan fingerprint density at radius 1 is 1.08 bits per heavy atom. The number of phenols is 1. The van der Waals surface area contributed by atoms with E-state index in [1.165, 1.54) is 63.9 Å². The molecule has 13 heteroatoms. The van der Waals surface area contributed by atoms with E-state index in [0.29, 0.717) is 5.56 Å². The van der Waals surface area contributed by atoms with Gasteiger partial charge in [0.1, 0.15) is 11.8 Å². The Bertz CT molecular complexity index is 1590. The van der Waals surface area contributed by atoms with E-state index < -0.39 is 46.2 Å². The monoisotopic (exact) mass is 542 g/mol. The normalized spacial score (nSPS) is 12.4. The summed E-state index contributed by atoms with van der Waals surface area (Å²) in [6.45, 7) is 2.84. The van der Waals surface area contributed by atoms with Gasteiger partial charge in [0.25, 0.3) is 5.56 Å². The number of phenolic OH excluding ortho intramolecular Hbond substituents is 1. The van der Waals surface area contributed by atoms with Crippen molar-refractivity contribution in [3.63, 3.8) is 0 Å². The third-order valence-corrected chi connectivity index (χ3v) is 6.22. The van der Waals surface area contributed by atoms with Crippen molar-refractivity contribution in [3.05, 3.63) is 84.2 Å². The van der Waals surface area contributed by atoms with E-state index in [4.69, 9.17) is 9.15 Å². The SMILES string of the molecule is COc1cc(C(CC(=O)N[C@@H](C)C(=O)NCc2cc(=O)n(C)c(=O)n2C)c2oc(C)cc(=O)c2O)ccc1O. The van der Waals surface area contributed by atoms with Crippen molar-refractivity contribution in [2.75, 3.05) is 7.11 Å². The van der Waals surface area contributed by atoms with Crippen LogP contribution in [0.25, 0.3) is 0 Å². The number of hydrogen-bond donors (Lipinski definition) is 4. The van der Waals surface area contributed by atoms with Gasteiger partial charge in [-0.1, -0.05) is 6.07 Å². The van der Waals surface area contributed by atoms with Crippen LogP contribution >= 0.6 is 0 Å². The van der Waals surface area contributed by atoms with Crippen LogP contribution in [0, 0.1) is 6.92 Å². The predicted molar refractivity (Wildman–Crippen MR) is 139 cm³/mol. The molecule has 1 unspecified atom stereocenters. The molecule has 208 valence electrons. The zero-order chi connectivity index (χ0) is 29.0. The van der Waals surface area contributed by atoms with Crippen molar-refractivity contribution in [1.82, 2.24) is 19.8 Å². The zero-order valence-corrected chi connectivity index (χ0v) is 22.1. The number of aryl methyl sites for hydroxylation is 1. The minimum absolute atomic E-state index is 0.102. The average molecular weight is 543 g/mol. The van der Waals surface area contributed by atoms with Crippen LogP contribution in [-0.4, -0.2) is 44.3 Å². The molecule has 0 fully saturated rings. The molecule has 3 aromatic rings. The summed E-state index contributed by atoms with van der Waals surface area (Å²) in [4.78, 5) is 61.9. The molecule has 0 bridgehead atoms. The molecule has 13 nitrogen and oxygen atoms in total. The van der Waals surface area contributed by atoms with Crippen LogP contribution in [0.2, 0.25) is 0 Å². The first-order valence-electron chi connectivity index (χ1n) is 11.9. The number of carbonyl (C=O) groups excluding carboxylic acids is 2. The number of rotatable bonds is 9. The Labute approximate surface area is 222 Å². The first kappa shape index (κ1) is 28.8. The number of aromatic hydroxyl groups is 2. The molecule has 0 saturated carbocycles. The van der Waals surface area contributed by atoms with Gasteiger partial charge in [-0.25, -0.2) is 4.79 Å². The van der Waals surface area contributed by atoms with Crippen molar-refractivity contribution in [2.24, 2.45) is 14.1 Å². The minimum Gasteiger partial charge on any atom is -0.504 e. The van der Waals surface area contributed by atoms with Gasteiger partial charge < -0.3 is 30.0 Å². The summed E-state index contributed by atoms with van der Waals surface area (Å²) >= 11 is 0. The maximum absolute atomic E-state index is 13.0. The van der Waals surface area contributed by atoms with E-state index in [2.05, 4.69) is 10.6 Å². The molecule has 0 aliphatic carbocycles. The highest BCUT2D eigenvalue weighted by Crippen LogP contribution is 2.37. The van der Waals surface area contributed by atoms with Crippen molar-refractivity contribution < 1.29 is 29.0 Å². The molecule has 0 saturated heterocycles. The largest absolute Gasteiger partial charge is 0.504 e. The summed E-state index contributed by atoms with van der Waals surface area (Å²) < 4.78 is 12.9. The Morgan fingerprint density at radius 3 is 2.44 bits per heavy atom. The molecule has 0 radical (unpaired) electrons. The topological polar surface area (TPSA) is 182 Å². The van der Waals surface area contributed by atoms with Crippen LogP contribution in [0.5, 0.6) is 17.2 Å². The molecule has 4 N–H and O–H groups in total. The lowest BCUT2D eigenvalue weighted by Crippen LogP contribution is -2.46. The van der Waals surface area contributed by atoms with E-state index in [0.717, 1.165) is 10.6 Å². The maximum atomic E-state index is 13.0. The van der Waals surface area contributed by atoms with Crippen LogP contribution < -0.4 is 32.0 Å². The Balaban J connectivity index is 1.80. The van der Waals surface area contributed by atoms with E-state index in [-0.39, 0.29) is 41.7 Å². The van der Waals surface area contributed by atoms with Crippen LogP contribution in [0.3, 0.4) is 0 Å². The van der Waals surface area contributed by atoms with Gasteiger partial charge in [0.15, 0.2) is 17.3 Å². The highest BCUT2D eigenvalue weighted by Gasteiger charge is 2.28. The third kappa shape index (κ3) is 6.37. The number of nitrogens with one attached hydrogen (secondary N) is 2. The molecule has 39 heavy (non-hydrogen) atoms. The number of nitrogens with zero attached hydrogens (tertiary/aromatic N) is 2. The fourth-order valence-electron chi connectivity index (χ4n) is 3.96. The fraction of sp³-hybridized carbons (Fsp3) is 0.346. The van der Waals surface area contributed by atoms with E-state index in [9.17, 15) is 34.2 Å². The third-order valence-electron chi connectivity index (χ3n) is 6.22. The lowest BCUT2D eigenvalue weighted by atomic mass is 9.91. The van der Waals surface area contributed by atoms with Crippen molar-refractivity contribution in [2.45, 2.75) is 38.8 Å². The average Bonchev–Trinajstić information content (AvgIpc) is 2.89. The Kier molecular flexibility index (Phi) is 8.64. The summed E-state index contributed by atoms with van der Waals surface area (Å²) in [6, 6.07) is 5.59. The first-order valence-corrected chi connectivity index (χ1v) is 11.9. The van der Waals surface area contributed by atoms with Gasteiger partial charge in [0, 0.05) is 38.3 Å². The molecule has 0 aliphatic rings. The lowest BCUT2D eigenvalue weighted by molar-refractivity contribution is -0.128. The molecule has 0 aliphatic heterocycles. The molecule has 2 heterocycles. The summed E-state index contributed by atoms with van der Waals surface area (Å²) in [7, 11) is 4.15. The van der Waals surface area contributed by atoms with Gasteiger partial charge in [-0.15, -0.1) is 0 Å². The number of carbonyl (C=O) groups is 2. The quantitative estimate of drug-likeness (QED) is 0.292. The van der Waals surface area contributed by atoms with Crippen LogP contribution in [0.15, 0.2) is 49.1 Å². The molecular formula is C26H30N4O9. The second-order valence-corrected chi connectivity index (χ2v) is 9.00. The van der Waals surface area contributed by atoms with Gasteiger partial charge in [0.05, 0.1) is 19.6 Å². The highest BCUT2D eigenvalue weighted by molar-refractivity contribution is 5.87. The number of benzene rings is 1. The molecule has 1 aromatic carbocycles. The molecule has 0 spiro atoms. The Hall–Kier alpha value is -4.81. The molecular weight excluding hydrogens is 512 g/mol. The molecule has 2 atom stereocenters. The molecule has 2 amide bonds. The molecule has 2 aromatic heterocycles. The van der Waals surface area contributed by atoms with Crippen molar-refractivity contribution >= 4 is 11.8 Å². The van der Waals surface area contributed by atoms with E-state index in [1.807, 2.05) is 0 Å². The second-order valence-electron chi connectivity index (χ2n) is 9.00. The second kappa shape index (κ2) is 11.7. The first-order chi connectivity index (χ1) is 18.3. The highest BCUT2D eigenvalue weighted by atomic mass is 16.5. The number of methoxy groups -OCH3 is 1. The standard InChI is InChI=1S/C26H30N4O9/c1-13-8-19(32)23(35)24(39-13)17(15-6-7-18(31)20(9-15)38-5)11-21(33)28-14(2)25(36)27-12-16-10-22(34)30(4)26(37)29(16)3/h6-10,14,17,31,35H,11-12H2,1-5H3,(H,27,36)(H,28,33)/t14-,17?/m0/s1. The number of aromatic nitrogens is 2. The van der Waals surface area contributed by atoms with E-state index in [1.54, 1.807) is 0 Å². The van der Waals surface area contributed by atoms with Crippen molar-refractivity contribution in [3.8, 4) is 17.2 Å².